The van der Waals surface area contributed by atoms with Crippen LogP contribution in [0, 0.1) is 5.82 Å². The molecule has 0 aliphatic carbocycles. The third-order valence-electron chi connectivity index (χ3n) is 5.75. The van der Waals surface area contributed by atoms with Crippen molar-refractivity contribution in [3.63, 3.8) is 0 Å². The molecule has 1 aliphatic heterocycles. The summed E-state index contributed by atoms with van der Waals surface area (Å²) in [7, 11) is -4.92. The monoisotopic (exact) mass is 517 g/mol. The van der Waals surface area contributed by atoms with Gasteiger partial charge in [-0.15, -0.1) is 0 Å². The Morgan fingerprint density at radius 1 is 0.886 bits per heavy atom. The molecule has 3 aromatic rings. The molecule has 0 aromatic heterocycles. The molecule has 0 radical (unpaired) electrons. The number of carbonyl (C=O) groups excluding carboxylic acids is 1. The fraction of sp³-hybridized carbons (Fsp3) is 0.208. The van der Waals surface area contributed by atoms with Crippen LogP contribution >= 0.6 is 0 Å². The van der Waals surface area contributed by atoms with Crippen LogP contribution in [0.4, 0.5) is 15.8 Å². The number of halogens is 1. The number of amides is 1. The van der Waals surface area contributed by atoms with Crippen LogP contribution in [0.25, 0.3) is 0 Å². The van der Waals surface area contributed by atoms with Crippen LogP contribution in [0.15, 0.2) is 82.6 Å². The van der Waals surface area contributed by atoms with Crippen LogP contribution in [0.3, 0.4) is 0 Å². The van der Waals surface area contributed by atoms with Crippen molar-refractivity contribution in [2.75, 3.05) is 36.4 Å². The Morgan fingerprint density at radius 2 is 1.51 bits per heavy atom. The number of nitrogens with zero attached hydrogens (tertiary/aromatic N) is 3. The Morgan fingerprint density at radius 3 is 2.14 bits per heavy atom. The fourth-order valence-electron chi connectivity index (χ4n) is 3.86. The molecule has 0 bridgehead atoms. The third kappa shape index (κ3) is 4.79. The second-order valence-electron chi connectivity index (χ2n) is 8.17. The number of sulfonamides is 2. The van der Waals surface area contributed by atoms with Gasteiger partial charge in [0.2, 0.25) is 15.9 Å². The van der Waals surface area contributed by atoms with Crippen LogP contribution in [0.5, 0.6) is 0 Å². The van der Waals surface area contributed by atoms with Gasteiger partial charge < -0.3 is 4.90 Å². The lowest BCUT2D eigenvalue weighted by atomic mass is 10.2. The average Bonchev–Trinajstić information content (AvgIpc) is 3.26. The van der Waals surface area contributed by atoms with Crippen molar-refractivity contribution >= 4 is 37.3 Å². The molecular weight excluding hydrogens is 493 g/mol. The van der Waals surface area contributed by atoms with E-state index in [0.717, 1.165) is 32.9 Å². The molecule has 0 N–H and O–H groups in total. The highest BCUT2D eigenvalue weighted by Crippen LogP contribution is 2.32. The first-order valence-electron chi connectivity index (χ1n) is 10.7. The van der Waals surface area contributed by atoms with Crippen molar-refractivity contribution < 1.29 is 26.0 Å². The molecule has 0 spiro atoms. The smallest absolute Gasteiger partial charge is 0.264 e. The quantitative estimate of drug-likeness (QED) is 0.480. The van der Waals surface area contributed by atoms with Gasteiger partial charge in [-0.3, -0.25) is 9.10 Å². The van der Waals surface area contributed by atoms with E-state index >= 15 is 0 Å². The number of anilines is 2. The Kier molecular flexibility index (Phi) is 6.67. The molecule has 11 heteroatoms. The van der Waals surface area contributed by atoms with Gasteiger partial charge in [0.05, 0.1) is 15.5 Å². The van der Waals surface area contributed by atoms with E-state index in [9.17, 15) is 26.0 Å². The summed E-state index contributed by atoms with van der Waals surface area (Å²) in [5, 5.41) is 0. The number of para-hydroxylation sites is 1. The molecule has 0 saturated carbocycles. The van der Waals surface area contributed by atoms with Crippen LogP contribution in [0.2, 0.25) is 0 Å². The lowest BCUT2D eigenvalue weighted by Crippen LogP contribution is -2.42. The van der Waals surface area contributed by atoms with E-state index in [1.165, 1.54) is 25.1 Å². The van der Waals surface area contributed by atoms with Crippen molar-refractivity contribution in [2.45, 2.75) is 16.2 Å². The topological polar surface area (TPSA) is 95.1 Å². The molecule has 1 aliphatic rings. The molecular formula is C24H24FN3O5S2. The molecule has 3 aromatic carbocycles. The standard InChI is InChI=1S/C24H24FN3O5S2/c1-26(2)34(30,31)22-12-13-23-18(16-22)14-15-27(23)24(29)17-28(20-6-4-3-5-7-20)35(32,33)21-10-8-19(25)9-11-21/h3-13,16H,14-15,17H2,1-2H3. The number of hydrogen-bond acceptors (Lipinski definition) is 5. The Hall–Kier alpha value is -3.28. The minimum absolute atomic E-state index is 0.125. The number of benzene rings is 3. The number of hydrogen-bond donors (Lipinski definition) is 0. The van der Waals surface area contributed by atoms with E-state index < -0.39 is 38.3 Å². The van der Waals surface area contributed by atoms with E-state index in [0.29, 0.717) is 24.2 Å². The highest BCUT2D eigenvalue weighted by Gasteiger charge is 2.32. The third-order valence-corrected chi connectivity index (χ3v) is 9.35. The summed E-state index contributed by atoms with van der Waals surface area (Å²) in [6.45, 7) is -0.195. The zero-order chi connectivity index (χ0) is 25.4. The molecule has 0 atom stereocenters. The maximum absolute atomic E-state index is 13.4. The van der Waals surface area contributed by atoms with Gasteiger partial charge in [0.15, 0.2) is 0 Å². The lowest BCUT2D eigenvalue weighted by Gasteiger charge is -2.27. The summed E-state index contributed by atoms with van der Waals surface area (Å²) in [6, 6.07) is 17.1. The van der Waals surface area contributed by atoms with Gasteiger partial charge in [0.25, 0.3) is 10.0 Å². The van der Waals surface area contributed by atoms with Gasteiger partial charge in [-0.2, -0.15) is 0 Å². The molecule has 0 unspecified atom stereocenters. The van der Waals surface area contributed by atoms with Crippen LogP contribution in [-0.4, -0.2) is 54.2 Å². The molecule has 0 saturated heterocycles. The normalized spacial score (nSPS) is 13.7. The molecule has 184 valence electrons. The summed E-state index contributed by atoms with van der Waals surface area (Å²) in [6.07, 6.45) is 0.438. The Labute approximate surface area is 204 Å². The number of fused-ring (bicyclic) bond motifs is 1. The van der Waals surface area contributed by atoms with Gasteiger partial charge in [-0.05, 0) is 66.6 Å². The maximum atomic E-state index is 13.4. The van der Waals surface area contributed by atoms with Gasteiger partial charge in [-0.1, -0.05) is 18.2 Å². The Bertz CT molecular complexity index is 1460. The van der Waals surface area contributed by atoms with Gasteiger partial charge >= 0.3 is 0 Å². The number of carbonyl (C=O) groups is 1. The summed E-state index contributed by atoms with van der Waals surface area (Å²) in [4.78, 5) is 14.8. The van der Waals surface area contributed by atoms with E-state index in [4.69, 9.17) is 0 Å². The van der Waals surface area contributed by atoms with Crippen molar-refractivity contribution in [3.8, 4) is 0 Å². The van der Waals surface area contributed by atoms with Crippen LogP contribution in [-0.2, 0) is 31.3 Å². The second kappa shape index (κ2) is 9.40. The summed E-state index contributed by atoms with van der Waals surface area (Å²) in [5.74, 6) is -1.04. The van der Waals surface area contributed by atoms with Gasteiger partial charge in [0.1, 0.15) is 12.4 Å². The number of rotatable bonds is 7. The lowest BCUT2D eigenvalue weighted by molar-refractivity contribution is -0.117. The van der Waals surface area contributed by atoms with Crippen molar-refractivity contribution in [1.82, 2.24) is 4.31 Å². The first-order valence-corrected chi connectivity index (χ1v) is 13.6. The zero-order valence-electron chi connectivity index (χ0n) is 19.1. The van der Waals surface area contributed by atoms with E-state index in [-0.39, 0.29) is 15.5 Å². The van der Waals surface area contributed by atoms with E-state index in [1.807, 2.05) is 0 Å². The highest BCUT2D eigenvalue weighted by atomic mass is 32.2. The minimum atomic E-state index is -4.17. The van der Waals surface area contributed by atoms with Crippen LogP contribution < -0.4 is 9.21 Å². The first kappa shape index (κ1) is 24.8. The predicted molar refractivity (Wildman–Crippen MR) is 131 cm³/mol. The molecule has 1 heterocycles. The van der Waals surface area contributed by atoms with E-state index in [1.54, 1.807) is 42.5 Å². The molecule has 8 nitrogen and oxygen atoms in total. The average molecular weight is 518 g/mol. The van der Waals surface area contributed by atoms with Crippen molar-refractivity contribution in [3.05, 3.63) is 84.2 Å². The van der Waals surface area contributed by atoms with Crippen molar-refractivity contribution in [2.24, 2.45) is 0 Å². The molecule has 1 amide bonds. The maximum Gasteiger partial charge on any atom is 0.264 e. The fourth-order valence-corrected chi connectivity index (χ4v) is 6.23. The molecule has 0 fully saturated rings. The summed E-state index contributed by atoms with van der Waals surface area (Å²) < 4.78 is 67.3. The first-order chi connectivity index (χ1) is 16.5. The van der Waals surface area contributed by atoms with Gasteiger partial charge in [0, 0.05) is 26.3 Å². The zero-order valence-corrected chi connectivity index (χ0v) is 20.8. The van der Waals surface area contributed by atoms with Crippen LogP contribution in [0.1, 0.15) is 5.56 Å². The van der Waals surface area contributed by atoms with Crippen molar-refractivity contribution in [1.29, 1.82) is 0 Å². The molecule has 4 rings (SSSR count). The van der Waals surface area contributed by atoms with Gasteiger partial charge in [-0.25, -0.2) is 25.5 Å². The summed E-state index contributed by atoms with van der Waals surface area (Å²) in [5.41, 5.74) is 1.52. The Balaban J connectivity index is 1.66. The second-order valence-corrected chi connectivity index (χ2v) is 12.2. The van der Waals surface area contributed by atoms with E-state index in [2.05, 4.69) is 0 Å². The summed E-state index contributed by atoms with van der Waals surface area (Å²) >= 11 is 0. The minimum Gasteiger partial charge on any atom is -0.310 e. The molecule has 35 heavy (non-hydrogen) atoms. The predicted octanol–water partition coefficient (Wildman–Crippen LogP) is 2.86. The highest BCUT2D eigenvalue weighted by molar-refractivity contribution is 7.92. The largest absolute Gasteiger partial charge is 0.310 e. The SMILES string of the molecule is CN(C)S(=O)(=O)c1ccc2c(c1)CCN2C(=O)CN(c1ccccc1)S(=O)(=O)c1ccc(F)cc1.